The maximum atomic E-state index is 12.5. The van der Waals surface area contributed by atoms with Crippen LogP contribution < -0.4 is 5.73 Å². The van der Waals surface area contributed by atoms with Gasteiger partial charge in [-0.15, -0.1) is 0 Å². The standard InChI is InChI=1S/C13H18N2O4S/c1-3-15(10-5-6-10)20(17,18)12-7-4-9(8-11(12)14)13(16)19-2/h4,7-8,10H,3,5-6,14H2,1-2H3. The molecule has 0 bridgehead atoms. The topological polar surface area (TPSA) is 89.7 Å². The normalized spacial score (nSPS) is 15.3. The molecular formula is C13H18N2O4S. The smallest absolute Gasteiger partial charge is 0.337 e. The predicted octanol–water partition coefficient (Wildman–Crippen LogP) is 1.23. The molecule has 2 rings (SSSR count). The van der Waals surface area contributed by atoms with Gasteiger partial charge < -0.3 is 10.5 Å². The molecule has 0 amide bonds. The number of esters is 1. The molecule has 0 radical (unpaired) electrons. The van der Waals surface area contributed by atoms with E-state index in [1.54, 1.807) is 6.92 Å². The Hall–Kier alpha value is -1.60. The van der Waals surface area contributed by atoms with E-state index in [-0.39, 0.29) is 22.2 Å². The number of hydrogen-bond donors (Lipinski definition) is 1. The summed E-state index contributed by atoms with van der Waals surface area (Å²) in [6.07, 6.45) is 1.76. The van der Waals surface area contributed by atoms with Gasteiger partial charge in [0.25, 0.3) is 0 Å². The fraction of sp³-hybridized carbons (Fsp3) is 0.462. The average Bonchev–Trinajstić information content (AvgIpc) is 3.22. The number of nitrogen functional groups attached to an aromatic ring is 1. The maximum absolute atomic E-state index is 12.5. The van der Waals surface area contributed by atoms with Crippen LogP contribution in [0.25, 0.3) is 0 Å². The minimum absolute atomic E-state index is 0.0407. The van der Waals surface area contributed by atoms with Crippen LogP contribution in [-0.2, 0) is 14.8 Å². The summed E-state index contributed by atoms with van der Waals surface area (Å²) in [7, 11) is -2.35. The lowest BCUT2D eigenvalue weighted by molar-refractivity contribution is 0.0600. The number of carbonyl (C=O) groups is 1. The van der Waals surface area contributed by atoms with Gasteiger partial charge >= 0.3 is 5.97 Å². The van der Waals surface area contributed by atoms with Crippen LogP contribution in [0.1, 0.15) is 30.1 Å². The molecule has 0 aliphatic heterocycles. The molecule has 6 nitrogen and oxygen atoms in total. The molecule has 2 N–H and O–H groups in total. The third kappa shape index (κ3) is 2.64. The van der Waals surface area contributed by atoms with Crippen LogP contribution in [0.4, 0.5) is 5.69 Å². The number of nitrogens with zero attached hydrogens (tertiary/aromatic N) is 1. The van der Waals surface area contributed by atoms with Gasteiger partial charge in [-0.2, -0.15) is 4.31 Å². The second kappa shape index (κ2) is 5.41. The average molecular weight is 298 g/mol. The molecule has 0 unspecified atom stereocenters. The van der Waals surface area contributed by atoms with E-state index >= 15 is 0 Å². The number of sulfonamides is 1. The van der Waals surface area contributed by atoms with Crippen LogP contribution in [0.2, 0.25) is 0 Å². The summed E-state index contributed by atoms with van der Waals surface area (Å²) in [6.45, 7) is 2.21. The molecule has 0 saturated heterocycles. The van der Waals surface area contributed by atoms with Crippen molar-refractivity contribution in [3.05, 3.63) is 23.8 Å². The lowest BCUT2D eigenvalue weighted by Gasteiger charge is -2.21. The molecule has 110 valence electrons. The highest BCUT2D eigenvalue weighted by molar-refractivity contribution is 7.89. The molecule has 1 aliphatic rings. The van der Waals surface area contributed by atoms with E-state index in [0.29, 0.717) is 6.54 Å². The molecule has 1 fully saturated rings. The zero-order valence-corrected chi connectivity index (χ0v) is 12.3. The minimum atomic E-state index is -3.61. The molecular weight excluding hydrogens is 280 g/mol. The van der Waals surface area contributed by atoms with Crippen molar-refractivity contribution in [1.82, 2.24) is 4.31 Å². The molecule has 1 saturated carbocycles. The van der Waals surface area contributed by atoms with Gasteiger partial charge in [-0.1, -0.05) is 6.92 Å². The van der Waals surface area contributed by atoms with Crippen molar-refractivity contribution in [3.63, 3.8) is 0 Å². The van der Waals surface area contributed by atoms with Gasteiger partial charge in [-0.3, -0.25) is 0 Å². The summed E-state index contributed by atoms with van der Waals surface area (Å²) in [5.74, 6) is -0.546. The number of nitrogens with two attached hydrogens (primary N) is 1. The number of anilines is 1. The Balaban J connectivity index is 2.39. The first-order valence-corrected chi connectivity index (χ1v) is 7.85. The Labute approximate surface area is 118 Å². The first kappa shape index (κ1) is 14.8. The minimum Gasteiger partial charge on any atom is -0.465 e. The Morgan fingerprint density at radius 3 is 2.55 bits per heavy atom. The molecule has 0 spiro atoms. The summed E-state index contributed by atoms with van der Waals surface area (Å²) in [5, 5.41) is 0. The van der Waals surface area contributed by atoms with E-state index < -0.39 is 16.0 Å². The van der Waals surface area contributed by atoms with E-state index in [9.17, 15) is 13.2 Å². The Bertz CT molecular complexity index is 623. The highest BCUT2D eigenvalue weighted by Crippen LogP contribution is 2.33. The molecule has 7 heteroatoms. The highest BCUT2D eigenvalue weighted by atomic mass is 32.2. The van der Waals surface area contributed by atoms with Crippen LogP contribution in [0, 0.1) is 0 Å². The van der Waals surface area contributed by atoms with Crippen molar-refractivity contribution in [1.29, 1.82) is 0 Å². The van der Waals surface area contributed by atoms with Gasteiger partial charge in [0, 0.05) is 12.6 Å². The predicted molar refractivity (Wildman–Crippen MR) is 74.8 cm³/mol. The zero-order chi connectivity index (χ0) is 14.9. The molecule has 20 heavy (non-hydrogen) atoms. The fourth-order valence-corrected chi connectivity index (χ4v) is 3.93. The van der Waals surface area contributed by atoms with E-state index in [1.165, 1.54) is 29.6 Å². The number of benzene rings is 1. The van der Waals surface area contributed by atoms with Crippen LogP contribution in [-0.4, -0.2) is 38.4 Å². The third-order valence-corrected chi connectivity index (χ3v) is 5.38. The lowest BCUT2D eigenvalue weighted by atomic mass is 10.2. The number of ether oxygens (including phenoxy) is 1. The van der Waals surface area contributed by atoms with Crippen molar-refractivity contribution in [2.45, 2.75) is 30.7 Å². The van der Waals surface area contributed by atoms with Gasteiger partial charge in [0.2, 0.25) is 10.0 Å². The number of rotatable bonds is 5. The van der Waals surface area contributed by atoms with Gasteiger partial charge in [0.05, 0.1) is 18.4 Å². The number of hydrogen-bond acceptors (Lipinski definition) is 5. The van der Waals surface area contributed by atoms with Crippen molar-refractivity contribution < 1.29 is 17.9 Å². The summed E-state index contributed by atoms with van der Waals surface area (Å²) in [4.78, 5) is 11.4. The largest absolute Gasteiger partial charge is 0.465 e. The maximum Gasteiger partial charge on any atom is 0.337 e. The summed E-state index contributed by atoms with van der Waals surface area (Å²) >= 11 is 0. The highest BCUT2D eigenvalue weighted by Gasteiger charge is 2.37. The third-order valence-electron chi connectivity index (χ3n) is 3.28. The Morgan fingerprint density at radius 2 is 2.10 bits per heavy atom. The summed E-state index contributed by atoms with van der Waals surface area (Å²) in [5.41, 5.74) is 6.10. The first-order valence-electron chi connectivity index (χ1n) is 6.41. The van der Waals surface area contributed by atoms with Crippen LogP contribution >= 0.6 is 0 Å². The van der Waals surface area contributed by atoms with Gasteiger partial charge in [-0.05, 0) is 31.0 Å². The van der Waals surface area contributed by atoms with E-state index in [4.69, 9.17) is 5.73 Å². The number of methoxy groups -OCH3 is 1. The zero-order valence-electron chi connectivity index (χ0n) is 11.5. The molecule has 1 aliphatic carbocycles. The second-order valence-electron chi connectivity index (χ2n) is 4.68. The van der Waals surface area contributed by atoms with Gasteiger partial charge in [0.15, 0.2) is 0 Å². The van der Waals surface area contributed by atoms with Crippen LogP contribution in [0.5, 0.6) is 0 Å². The van der Waals surface area contributed by atoms with E-state index in [0.717, 1.165) is 12.8 Å². The SMILES string of the molecule is CCN(C1CC1)S(=O)(=O)c1ccc(C(=O)OC)cc1N. The van der Waals surface area contributed by atoms with Crippen molar-refractivity contribution >= 4 is 21.7 Å². The van der Waals surface area contributed by atoms with Crippen molar-refractivity contribution in [2.75, 3.05) is 19.4 Å². The molecule has 0 aromatic heterocycles. The summed E-state index contributed by atoms with van der Waals surface area (Å²) in [6, 6.07) is 4.18. The Kier molecular flexibility index (Phi) is 4.01. The van der Waals surface area contributed by atoms with Gasteiger partial charge in [-0.25, -0.2) is 13.2 Å². The second-order valence-corrected chi connectivity index (χ2v) is 6.54. The quantitative estimate of drug-likeness (QED) is 0.652. The number of carbonyl (C=O) groups excluding carboxylic acids is 1. The summed E-state index contributed by atoms with van der Waals surface area (Å²) < 4.78 is 31.1. The monoisotopic (exact) mass is 298 g/mol. The van der Waals surface area contributed by atoms with Gasteiger partial charge in [0.1, 0.15) is 4.90 Å². The van der Waals surface area contributed by atoms with Crippen LogP contribution in [0.3, 0.4) is 0 Å². The molecule has 0 heterocycles. The van der Waals surface area contributed by atoms with E-state index in [1.807, 2.05) is 0 Å². The first-order chi connectivity index (χ1) is 9.41. The van der Waals surface area contributed by atoms with Crippen molar-refractivity contribution in [2.24, 2.45) is 0 Å². The van der Waals surface area contributed by atoms with Crippen molar-refractivity contribution in [3.8, 4) is 0 Å². The van der Waals surface area contributed by atoms with Crippen LogP contribution in [0.15, 0.2) is 23.1 Å². The Morgan fingerprint density at radius 1 is 1.45 bits per heavy atom. The molecule has 1 aromatic rings. The molecule has 0 atom stereocenters. The fourth-order valence-electron chi connectivity index (χ4n) is 2.14. The lowest BCUT2D eigenvalue weighted by Crippen LogP contribution is -2.33. The molecule has 1 aromatic carbocycles. The van der Waals surface area contributed by atoms with E-state index in [2.05, 4.69) is 4.74 Å².